The van der Waals surface area contributed by atoms with E-state index in [0.29, 0.717) is 18.4 Å². The summed E-state index contributed by atoms with van der Waals surface area (Å²) in [6.45, 7) is 1.08. The van der Waals surface area contributed by atoms with Gasteiger partial charge in [-0.15, -0.1) is 11.3 Å². The lowest BCUT2D eigenvalue weighted by molar-refractivity contribution is 0.0731. The number of hydrogen-bond acceptors (Lipinski definition) is 4. The molecule has 1 aromatic heterocycles. The summed E-state index contributed by atoms with van der Waals surface area (Å²) in [5.74, 6) is 0.428. The van der Waals surface area contributed by atoms with E-state index in [1.54, 1.807) is 12.1 Å². The van der Waals surface area contributed by atoms with Crippen LogP contribution in [-0.4, -0.2) is 28.4 Å². The van der Waals surface area contributed by atoms with Crippen LogP contribution >= 0.6 is 11.3 Å². The third-order valence-electron chi connectivity index (χ3n) is 3.95. The van der Waals surface area contributed by atoms with Gasteiger partial charge in [-0.1, -0.05) is 0 Å². The summed E-state index contributed by atoms with van der Waals surface area (Å²) in [5, 5.41) is 0.792. The van der Waals surface area contributed by atoms with Crippen molar-refractivity contribution in [2.24, 2.45) is 0 Å². The van der Waals surface area contributed by atoms with Crippen molar-refractivity contribution >= 4 is 17.2 Å². The van der Waals surface area contributed by atoms with E-state index >= 15 is 0 Å². The molecule has 0 radical (unpaired) electrons. The number of halogens is 1. The number of benzene rings is 1. The van der Waals surface area contributed by atoms with Gasteiger partial charge < -0.3 is 9.64 Å². The molecule has 1 amide bonds. The molecule has 2 aliphatic rings. The lowest BCUT2D eigenvalue weighted by Crippen LogP contribution is -2.38. The van der Waals surface area contributed by atoms with Crippen molar-refractivity contribution in [1.82, 2.24) is 9.88 Å². The summed E-state index contributed by atoms with van der Waals surface area (Å²) in [4.78, 5) is 19.7. The van der Waals surface area contributed by atoms with Crippen LogP contribution in [0, 0.1) is 5.82 Å². The van der Waals surface area contributed by atoms with Crippen LogP contribution in [0.5, 0.6) is 5.75 Å². The molecule has 1 fully saturated rings. The lowest BCUT2D eigenvalue weighted by atomic mass is 10.1. The largest absolute Gasteiger partial charge is 0.486 e. The molecule has 2 heterocycles. The number of hydrogen-bond donors (Lipinski definition) is 0. The molecule has 0 atom stereocenters. The van der Waals surface area contributed by atoms with E-state index in [1.807, 2.05) is 4.90 Å². The maximum absolute atomic E-state index is 12.8. The third-order valence-corrected chi connectivity index (χ3v) is 5.01. The smallest absolute Gasteiger partial charge is 0.266 e. The molecule has 4 rings (SSSR count). The number of ether oxygens (including phenoxy) is 1. The van der Waals surface area contributed by atoms with Gasteiger partial charge in [-0.05, 0) is 37.1 Å². The fourth-order valence-electron chi connectivity index (χ4n) is 2.67. The monoisotopic (exact) mass is 318 g/mol. The summed E-state index contributed by atoms with van der Waals surface area (Å²) in [5.41, 5.74) is 0.893. The molecule has 1 aliphatic heterocycles. The van der Waals surface area contributed by atoms with E-state index in [4.69, 9.17) is 4.74 Å². The Labute approximate surface area is 131 Å². The van der Waals surface area contributed by atoms with Crippen LogP contribution in [0.15, 0.2) is 24.3 Å². The van der Waals surface area contributed by atoms with Crippen LogP contribution in [0.4, 0.5) is 4.39 Å². The summed E-state index contributed by atoms with van der Waals surface area (Å²) < 4.78 is 18.4. The minimum atomic E-state index is -0.289. The van der Waals surface area contributed by atoms with Crippen LogP contribution in [0.1, 0.15) is 33.2 Å². The molecule has 0 N–H and O–H groups in total. The van der Waals surface area contributed by atoms with Gasteiger partial charge in [0.2, 0.25) is 0 Å². The molecule has 1 aliphatic carbocycles. The number of nitrogens with zero attached hydrogens (tertiary/aromatic N) is 2. The van der Waals surface area contributed by atoms with Gasteiger partial charge in [-0.3, -0.25) is 4.79 Å². The first-order chi connectivity index (χ1) is 10.7. The van der Waals surface area contributed by atoms with Crippen molar-refractivity contribution in [3.8, 4) is 5.75 Å². The standard InChI is InChI=1S/C16H15FN2O2S/c17-10-1-5-12(6-2-10)21-9-14-18-13-7-8-19(11-3-4-11)16(20)15(13)22-14/h1-2,5-6,11H,3-4,7-9H2. The minimum Gasteiger partial charge on any atom is -0.486 e. The topological polar surface area (TPSA) is 42.4 Å². The van der Waals surface area contributed by atoms with Gasteiger partial charge in [0.05, 0.1) is 5.69 Å². The fraction of sp³-hybridized carbons (Fsp3) is 0.375. The predicted molar refractivity (Wildman–Crippen MR) is 80.6 cm³/mol. The summed E-state index contributed by atoms with van der Waals surface area (Å²) >= 11 is 1.41. The highest BCUT2D eigenvalue weighted by Gasteiger charge is 2.37. The molecular weight excluding hydrogens is 303 g/mol. The van der Waals surface area contributed by atoms with E-state index in [9.17, 15) is 9.18 Å². The van der Waals surface area contributed by atoms with Crippen LogP contribution in [0.2, 0.25) is 0 Å². The van der Waals surface area contributed by atoms with Crippen molar-refractivity contribution in [2.45, 2.75) is 31.9 Å². The number of carbonyl (C=O) groups is 1. The van der Waals surface area contributed by atoms with Crippen LogP contribution in [-0.2, 0) is 13.0 Å². The molecule has 6 heteroatoms. The van der Waals surface area contributed by atoms with Gasteiger partial charge in [0, 0.05) is 19.0 Å². The zero-order valence-corrected chi connectivity index (χ0v) is 12.7. The van der Waals surface area contributed by atoms with Gasteiger partial charge in [0.25, 0.3) is 5.91 Å². The first-order valence-electron chi connectivity index (χ1n) is 7.38. The highest BCUT2D eigenvalue weighted by molar-refractivity contribution is 7.13. The van der Waals surface area contributed by atoms with E-state index in [0.717, 1.165) is 41.4 Å². The molecule has 2 aromatic rings. The van der Waals surface area contributed by atoms with E-state index in [-0.39, 0.29) is 11.7 Å². The molecule has 0 bridgehead atoms. The van der Waals surface area contributed by atoms with Crippen LogP contribution in [0.25, 0.3) is 0 Å². The number of aromatic nitrogens is 1. The summed E-state index contributed by atoms with van der Waals surface area (Å²) in [7, 11) is 0. The molecule has 1 aromatic carbocycles. The van der Waals surface area contributed by atoms with E-state index in [1.165, 1.54) is 23.5 Å². The molecular formula is C16H15FN2O2S. The maximum Gasteiger partial charge on any atom is 0.266 e. The van der Waals surface area contributed by atoms with Crippen molar-refractivity contribution in [3.05, 3.63) is 45.7 Å². The molecule has 0 unspecified atom stereocenters. The Morgan fingerprint density at radius 1 is 1.32 bits per heavy atom. The first-order valence-corrected chi connectivity index (χ1v) is 8.20. The van der Waals surface area contributed by atoms with E-state index in [2.05, 4.69) is 4.98 Å². The van der Waals surface area contributed by atoms with Crippen LogP contribution < -0.4 is 4.74 Å². The lowest BCUT2D eigenvalue weighted by Gasteiger charge is -2.25. The average Bonchev–Trinajstić information content (AvgIpc) is 3.26. The number of carbonyl (C=O) groups excluding carboxylic acids is 1. The first kappa shape index (κ1) is 13.7. The fourth-order valence-corrected chi connectivity index (χ4v) is 3.65. The van der Waals surface area contributed by atoms with Crippen LogP contribution in [0.3, 0.4) is 0 Å². The zero-order chi connectivity index (χ0) is 15.1. The molecule has 22 heavy (non-hydrogen) atoms. The Balaban J connectivity index is 1.47. The summed E-state index contributed by atoms with van der Waals surface area (Å²) in [6.07, 6.45) is 3.07. The Hall–Kier alpha value is -1.95. The Morgan fingerprint density at radius 2 is 2.09 bits per heavy atom. The van der Waals surface area contributed by atoms with Crippen molar-refractivity contribution in [2.75, 3.05) is 6.54 Å². The third kappa shape index (κ3) is 2.59. The summed E-state index contributed by atoms with van der Waals surface area (Å²) in [6, 6.07) is 6.34. The number of fused-ring (bicyclic) bond motifs is 1. The normalized spacial score (nSPS) is 17.5. The van der Waals surface area contributed by atoms with Gasteiger partial charge in [0.15, 0.2) is 0 Å². The SMILES string of the molecule is O=C1c2sc(COc3ccc(F)cc3)nc2CCN1C1CC1. The second-order valence-corrected chi connectivity index (χ2v) is 6.69. The maximum atomic E-state index is 12.8. The Morgan fingerprint density at radius 3 is 2.82 bits per heavy atom. The second-order valence-electron chi connectivity index (χ2n) is 5.61. The van der Waals surface area contributed by atoms with Crippen molar-refractivity contribution < 1.29 is 13.9 Å². The van der Waals surface area contributed by atoms with Gasteiger partial charge >= 0.3 is 0 Å². The van der Waals surface area contributed by atoms with Gasteiger partial charge in [-0.2, -0.15) is 0 Å². The predicted octanol–water partition coefficient (Wildman–Crippen LogP) is 3.02. The Bertz CT molecular complexity index is 709. The van der Waals surface area contributed by atoms with Gasteiger partial charge in [-0.25, -0.2) is 9.37 Å². The highest BCUT2D eigenvalue weighted by atomic mass is 32.1. The quantitative estimate of drug-likeness (QED) is 0.870. The molecule has 0 spiro atoms. The highest BCUT2D eigenvalue weighted by Crippen LogP contribution is 2.33. The number of thiazole rings is 1. The van der Waals surface area contributed by atoms with E-state index < -0.39 is 0 Å². The van der Waals surface area contributed by atoms with Gasteiger partial charge in [0.1, 0.15) is 28.1 Å². The second kappa shape index (κ2) is 5.35. The Kier molecular flexibility index (Phi) is 3.33. The number of rotatable bonds is 4. The molecule has 4 nitrogen and oxygen atoms in total. The minimum absolute atomic E-state index is 0.120. The number of amides is 1. The average molecular weight is 318 g/mol. The molecule has 0 saturated heterocycles. The zero-order valence-electron chi connectivity index (χ0n) is 11.9. The molecule has 1 saturated carbocycles. The molecule has 114 valence electrons. The van der Waals surface area contributed by atoms with Crippen molar-refractivity contribution in [1.29, 1.82) is 0 Å². The van der Waals surface area contributed by atoms with Crippen molar-refractivity contribution in [3.63, 3.8) is 0 Å².